The first-order valence-corrected chi connectivity index (χ1v) is 6.82. The molecule has 0 radical (unpaired) electrons. The Hall–Kier alpha value is -1.75. The van der Waals surface area contributed by atoms with Crippen LogP contribution in [-0.2, 0) is 0 Å². The second kappa shape index (κ2) is 5.93. The minimum Gasteiger partial charge on any atom is -0.476 e. The fourth-order valence-electron chi connectivity index (χ4n) is 1.65. The molecule has 5 heteroatoms. The molecule has 1 aromatic carbocycles. The lowest BCUT2D eigenvalue weighted by Gasteiger charge is -2.11. The molecule has 1 aromatic heterocycles. The number of hydrogen-bond acceptors (Lipinski definition) is 4. The molecule has 0 fully saturated rings. The maximum absolute atomic E-state index is 5.80. The van der Waals surface area contributed by atoms with Gasteiger partial charge in [0, 0.05) is 4.47 Å². The Balaban J connectivity index is 2.28. The maximum atomic E-state index is 5.80. The molecule has 100 valence electrons. The fourth-order valence-corrected chi connectivity index (χ4v) is 1.99. The number of nitrogens with one attached hydrogen (secondary N) is 1. The average molecular weight is 322 g/mol. The Morgan fingerprint density at radius 2 is 2.11 bits per heavy atom. The zero-order chi connectivity index (χ0) is 13.8. The minimum atomic E-state index is 0.455. The van der Waals surface area contributed by atoms with Crippen LogP contribution in [0.1, 0.15) is 12.5 Å². The first-order chi connectivity index (χ1) is 9.10. The maximum Gasteiger partial charge on any atom is 0.239 e. The number of rotatable bonds is 4. The Morgan fingerprint density at radius 1 is 1.32 bits per heavy atom. The number of halogens is 1. The Morgan fingerprint density at radius 3 is 2.84 bits per heavy atom. The lowest BCUT2D eigenvalue weighted by atomic mass is 10.2. The van der Waals surface area contributed by atoms with E-state index in [0.29, 0.717) is 24.0 Å². The SMILES string of the molecule is CCOc1nc(Nc2cc(C)ccc2Br)ccc1N. The van der Waals surface area contributed by atoms with Crippen LogP contribution in [-0.4, -0.2) is 11.6 Å². The summed E-state index contributed by atoms with van der Waals surface area (Å²) in [5.74, 6) is 1.15. The standard InChI is InChI=1S/C14H16BrN3O/c1-3-19-14-11(16)6-7-13(18-14)17-12-8-9(2)4-5-10(12)15/h4-8H,3,16H2,1-2H3,(H,17,18). The van der Waals surface area contributed by atoms with Crippen LogP contribution < -0.4 is 15.8 Å². The molecule has 1 heterocycles. The summed E-state index contributed by atoms with van der Waals surface area (Å²) in [4.78, 5) is 4.35. The van der Waals surface area contributed by atoms with Crippen molar-refractivity contribution in [1.29, 1.82) is 0 Å². The summed E-state index contributed by atoms with van der Waals surface area (Å²) >= 11 is 3.51. The van der Waals surface area contributed by atoms with E-state index in [-0.39, 0.29) is 0 Å². The van der Waals surface area contributed by atoms with Crippen molar-refractivity contribution in [3.63, 3.8) is 0 Å². The van der Waals surface area contributed by atoms with E-state index in [4.69, 9.17) is 10.5 Å². The Labute approximate surface area is 121 Å². The van der Waals surface area contributed by atoms with Crippen molar-refractivity contribution in [3.8, 4) is 5.88 Å². The van der Waals surface area contributed by atoms with Crippen LogP contribution >= 0.6 is 15.9 Å². The summed E-state index contributed by atoms with van der Waals surface area (Å²) in [6.45, 7) is 4.48. The van der Waals surface area contributed by atoms with Gasteiger partial charge in [-0.3, -0.25) is 0 Å². The number of nitrogens with two attached hydrogens (primary N) is 1. The van der Waals surface area contributed by atoms with Crippen molar-refractivity contribution in [2.24, 2.45) is 0 Å². The number of aryl methyl sites for hydroxylation is 1. The van der Waals surface area contributed by atoms with Crippen molar-refractivity contribution >= 4 is 33.1 Å². The smallest absolute Gasteiger partial charge is 0.239 e. The molecule has 0 spiro atoms. The number of hydrogen-bond donors (Lipinski definition) is 2. The van der Waals surface area contributed by atoms with Crippen molar-refractivity contribution in [2.45, 2.75) is 13.8 Å². The van der Waals surface area contributed by atoms with Crippen LogP contribution in [0.15, 0.2) is 34.8 Å². The number of nitrogen functional groups attached to an aromatic ring is 1. The summed E-state index contributed by atoms with van der Waals surface area (Å²) in [6, 6.07) is 9.69. The van der Waals surface area contributed by atoms with Gasteiger partial charge < -0.3 is 15.8 Å². The van der Waals surface area contributed by atoms with Crippen molar-refractivity contribution in [3.05, 3.63) is 40.4 Å². The van der Waals surface area contributed by atoms with E-state index in [1.807, 2.05) is 38.1 Å². The predicted octanol–water partition coefficient (Wildman–Crippen LogP) is 3.88. The highest BCUT2D eigenvalue weighted by atomic mass is 79.9. The Kier molecular flexibility index (Phi) is 4.27. The number of pyridine rings is 1. The zero-order valence-corrected chi connectivity index (χ0v) is 12.5. The van der Waals surface area contributed by atoms with Gasteiger partial charge in [-0.15, -0.1) is 0 Å². The van der Waals surface area contributed by atoms with Gasteiger partial charge in [-0.1, -0.05) is 6.07 Å². The van der Waals surface area contributed by atoms with E-state index in [9.17, 15) is 0 Å². The van der Waals surface area contributed by atoms with E-state index in [2.05, 4.69) is 26.2 Å². The lowest BCUT2D eigenvalue weighted by Crippen LogP contribution is -2.02. The van der Waals surface area contributed by atoms with Gasteiger partial charge in [0.05, 0.1) is 18.0 Å². The molecule has 0 bridgehead atoms. The van der Waals surface area contributed by atoms with Gasteiger partial charge in [0.1, 0.15) is 5.82 Å². The van der Waals surface area contributed by atoms with Gasteiger partial charge in [-0.25, -0.2) is 0 Å². The summed E-state index contributed by atoms with van der Waals surface area (Å²) in [5, 5.41) is 3.25. The minimum absolute atomic E-state index is 0.455. The van der Waals surface area contributed by atoms with Crippen LogP contribution in [0.3, 0.4) is 0 Å². The molecule has 0 atom stereocenters. The first kappa shape index (κ1) is 13.7. The molecule has 0 unspecified atom stereocenters. The van der Waals surface area contributed by atoms with Crippen molar-refractivity contribution < 1.29 is 4.74 Å². The van der Waals surface area contributed by atoms with Gasteiger partial charge in [-0.05, 0) is 59.6 Å². The van der Waals surface area contributed by atoms with Gasteiger partial charge in [0.15, 0.2) is 0 Å². The summed E-state index contributed by atoms with van der Waals surface area (Å²) in [7, 11) is 0. The molecule has 0 saturated carbocycles. The van der Waals surface area contributed by atoms with Gasteiger partial charge in [-0.2, -0.15) is 4.98 Å². The number of nitrogens with zero attached hydrogens (tertiary/aromatic N) is 1. The highest BCUT2D eigenvalue weighted by molar-refractivity contribution is 9.10. The molecular weight excluding hydrogens is 306 g/mol. The molecule has 0 amide bonds. The largest absolute Gasteiger partial charge is 0.476 e. The summed E-state index contributed by atoms with van der Waals surface area (Å²) in [6.07, 6.45) is 0. The number of ether oxygens (including phenoxy) is 1. The highest BCUT2D eigenvalue weighted by Crippen LogP contribution is 2.28. The van der Waals surface area contributed by atoms with E-state index in [0.717, 1.165) is 10.2 Å². The number of aromatic nitrogens is 1. The first-order valence-electron chi connectivity index (χ1n) is 6.02. The van der Waals surface area contributed by atoms with Crippen molar-refractivity contribution in [2.75, 3.05) is 17.7 Å². The average Bonchev–Trinajstić information content (AvgIpc) is 2.38. The molecule has 0 aliphatic rings. The topological polar surface area (TPSA) is 60.2 Å². The van der Waals surface area contributed by atoms with Crippen molar-refractivity contribution in [1.82, 2.24) is 4.98 Å². The molecule has 0 aliphatic heterocycles. The lowest BCUT2D eigenvalue weighted by molar-refractivity contribution is 0.329. The third-order valence-corrected chi connectivity index (χ3v) is 3.25. The molecule has 2 aromatic rings. The third-order valence-electron chi connectivity index (χ3n) is 2.56. The molecule has 4 nitrogen and oxygen atoms in total. The van der Waals surface area contributed by atoms with E-state index in [1.165, 1.54) is 5.56 Å². The monoisotopic (exact) mass is 321 g/mol. The van der Waals surface area contributed by atoms with Crippen LogP contribution in [0.2, 0.25) is 0 Å². The van der Waals surface area contributed by atoms with Crippen LogP contribution in [0.25, 0.3) is 0 Å². The normalized spacial score (nSPS) is 10.3. The van der Waals surface area contributed by atoms with Crippen LogP contribution in [0, 0.1) is 6.92 Å². The molecule has 0 saturated heterocycles. The quantitative estimate of drug-likeness (QED) is 0.897. The van der Waals surface area contributed by atoms with Crippen LogP contribution in [0.4, 0.5) is 17.2 Å². The molecule has 0 aliphatic carbocycles. The molecule has 2 rings (SSSR count). The highest BCUT2D eigenvalue weighted by Gasteiger charge is 2.06. The second-order valence-electron chi connectivity index (χ2n) is 4.13. The van der Waals surface area contributed by atoms with E-state index in [1.54, 1.807) is 6.07 Å². The van der Waals surface area contributed by atoms with Gasteiger partial charge >= 0.3 is 0 Å². The molecule has 19 heavy (non-hydrogen) atoms. The molecular formula is C14H16BrN3O. The van der Waals surface area contributed by atoms with Gasteiger partial charge in [0.25, 0.3) is 0 Å². The predicted molar refractivity (Wildman–Crippen MR) is 82.0 cm³/mol. The Bertz CT molecular complexity index is 587. The number of benzene rings is 1. The second-order valence-corrected chi connectivity index (χ2v) is 4.99. The van der Waals surface area contributed by atoms with E-state index >= 15 is 0 Å². The summed E-state index contributed by atoms with van der Waals surface area (Å²) < 4.78 is 6.36. The number of anilines is 3. The van der Waals surface area contributed by atoms with Gasteiger partial charge in [0.2, 0.25) is 5.88 Å². The summed E-state index contributed by atoms with van der Waals surface area (Å²) in [5.41, 5.74) is 8.47. The van der Waals surface area contributed by atoms with E-state index < -0.39 is 0 Å². The zero-order valence-electron chi connectivity index (χ0n) is 10.9. The third kappa shape index (κ3) is 3.38. The fraction of sp³-hybridized carbons (Fsp3) is 0.214. The molecule has 3 N–H and O–H groups in total. The van der Waals surface area contributed by atoms with Crippen LogP contribution in [0.5, 0.6) is 5.88 Å².